The third kappa shape index (κ3) is 14.7. The first-order valence-electron chi connectivity index (χ1n) is 27.6. The zero-order valence-electron chi connectivity index (χ0n) is 47.1. The van der Waals surface area contributed by atoms with Crippen molar-refractivity contribution in [2.75, 3.05) is 33.7 Å². The van der Waals surface area contributed by atoms with Crippen LogP contribution in [0, 0.1) is 11.8 Å². The zero-order valence-corrected chi connectivity index (χ0v) is 47.1. The molecule has 0 aromatic heterocycles. The van der Waals surface area contributed by atoms with E-state index in [-0.39, 0.29) is 31.0 Å². The van der Waals surface area contributed by atoms with Crippen molar-refractivity contribution < 1.29 is 38.6 Å². The maximum absolute atomic E-state index is 8.74. The van der Waals surface area contributed by atoms with Crippen molar-refractivity contribution in [1.82, 2.24) is 0 Å². The van der Waals surface area contributed by atoms with E-state index >= 15 is 0 Å². The monoisotopic (exact) mass is 1040 g/mol. The van der Waals surface area contributed by atoms with Crippen molar-refractivity contribution in [1.29, 1.82) is 0 Å². The highest BCUT2D eigenvalue weighted by molar-refractivity contribution is 5.46. The molecule has 0 radical (unpaired) electrons. The van der Waals surface area contributed by atoms with E-state index < -0.39 is 16.6 Å². The lowest BCUT2D eigenvalue weighted by Crippen LogP contribution is -2.52. The maximum atomic E-state index is 8.74. The molecule has 8 nitrogen and oxygen atoms in total. The molecule has 0 spiro atoms. The van der Waals surface area contributed by atoms with Crippen LogP contribution in [0.3, 0.4) is 0 Å². The fourth-order valence-electron chi connectivity index (χ4n) is 11.2. The fourth-order valence-corrected chi connectivity index (χ4v) is 11.2. The van der Waals surface area contributed by atoms with Gasteiger partial charge >= 0.3 is 0 Å². The lowest BCUT2D eigenvalue weighted by Gasteiger charge is -2.44. The molecule has 7 aromatic carbocycles. The maximum Gasteiger partial charge on any atom is 0.163 e. The van der Waals surface area contributed by atoms with Gasteiger partial charge in [0.1, 0.15) is 19.0 Å². The van der Waals surface area contributed by atoms with Gasteiger partial charge in [0.2, 0.25) is 0 Å². The topological polar surface area (TPSA) is 84.8 Å². The second-order valence-electron chi connectivity index (χ2n) is 21.9. The van der Waals surface area contributed by atoms with E-state index in [2.05, 4.69) is 228 Å². The summed E-state index contributed by atoms with van der Waals surface area (Å²) in [6, 6.07) is 74.1. The van der Waals surface area contributed by atoms with Crippen molar-refractivity contribution >= 4 is 0 Å². The number of benzene rings is 7. The average molecular weight is 1040 g/mol. The number of methoxy groups -OCH3 is 1. The predicted octanol–water partition coefficient (Wildman–Crippen LogP) is 15.4. The second-order valence-corrected chi connectivity index (χ2v) is 21.9. The first-order valence-corrected chi connectivity index (χ1v) is 27.6. The van der Waals surface area contributed by atoms with E-state index in [1.54, 1.807) is 14.0 Å². The summed E-state index contributed by atoms with van der Waals surface area (Å²) >= 11 is 0. The molecular formula is C69H84O8. The molecule has 7 aromatic rings. The molecule has 3 saturated heterocycles. The minimum absolute atomic E-state index is 0.0126. The number of fused-ring (bicyclic) bond motifs is 1. The Morgan fingerprint density at radius 2 is 0.792 bits per heavy atom. The summed E-state index contributed by atoms with van der Waals surface area (Å²) in [5, 5.41) is 8.74. The van der Waals surface area contributed by atoms with Crippen LogP contribution in [0.4, 0.5) is 0 Å². The Morgan fingerprint density at radius 1 is 0.494 bits per heavy atom. The van der Waals surface area contributed by atoms with E-state index in [1.807, 2.05) is 44.2 Å². The molecule has 10 rings (SSSR count). The van der Waals surface area contributed by atoms with Gasteiger partial charge in [0, 0.05) is 35.7 Å². The van der Waals surface area contributed by atoms with Crippen LogP contribution in [0.15, 0.2) is 212 Å². The molecule has 3 fully saturated rings. The predicted molar refractivity (Wildman–Crippen MR) is 310 cm³/mol. The molecular weight excluding hydrogens is 957 g/mol. The lowest BCUT2D eigenvalue weighted by atomic mass is 9.62. The number of ether oxygens (including phenoxy) is 6. The summed E-state index contributed by atoms with van der Waals surface area (Å²) in [5.41, 5.74) is 7.88. The summed E-state index contributed by atoms with van der Waals surface area (Å²) in [6.07, 6.45) is -0.00955. The largest absolute Gasteiger partial charge is 0.375 e. The van der Waals surface area contributed by atoms with Gasteiger partial charge in [-0.1, -0.05) is 240 Å². The van der Waals surface area contributed by atoms with Crippen LogP contribution in [0.5, 0.6) is 0 Å². The highest BCUT2D eigenvalue weighted by Crippen LogP contribution is 2.52. The zero-order chi connectivity index (χ0) is 54.8. The summed E-state index contributed by atoms with van der Waals surface area (Å²) in [7, 11) is 1.57. The second kappa shape index (κ2) is 28.2. The Balaban J connectivity index is 0.000000169. The van der Waals surface area contributed by atoms with Crippen LogP contribution in [-0.2, 0) is 44.1 Å². The fraction of sp³-hybridized carbons (Fsp3) is 0.391. The van der Waals surface area contributed by atoms with Gasteiger partial charge in [-0.2, -0.15) is 0 Å². The molecule has 8 heteroatoms. The van der Waals surface area contributed by atoms with E-state index in [0.29, 0.717) is 42.5 Å². The summed E-state index contributed by atoms with van der Waals surface area (Å²) in [4.78, 5) is 4.38. The molecule has 408 valence electrons. The quantitative estimate of drug-likeness (QED) is 0.0443. The minimum atomic E-state index is -0.731. The van der Waals surface area contributed by atoms with E-state index in [1.165, 1.54) is 33.4 Å². The third-order valence-corrected chi connectivity index (χ3v) is 16.1. The summed E-state index contributed by atoms with van der Waals surface area (Å²) in [6.45, 7) is 21.9. The van der Waals surface area contributed by atoms with Gasteiger partial charge in [0.25, 0.3) is 0 Å². The standard InChI is InChI=1S/C33H34O2.C16H18.C12H18O4.C8H14O2/c1-31(2)34-29(32(3,25-17-9-5-10-18-25)26-19-11-6-12-20-26)30(35-31)33(4,27-21-13-7-14-22-27)28-23-15-8-16-24-28;1-13(15-9-5-3-6-10-15)14(2)16-11-7-4-8-12-16;1-10(16-13)12(8-15-9-14-2)11-6-4-3-5-7-11;1-5-3-9-8-6(2)4-10-7(5)8/h5-24,29-30H,1-4H3;3-14H,1-2H3;3-7,10,12-13H,8-9H2,1-2H3;5-8H,3-4H2,1-2H3. The van der Waals surface area contributed by atoms with Crippen LogP contribution in [0.25, 0.3) is 0 Å². The molecule has 77 heavy (non-hydrogen) atoms. The Bertz CT molecular complexity index is 2470. The van der Waals surface area contributed by atoms with Gasteiger partial charge in [-0.3, -0.25) is 5.26 Å². The van der Waals surface area contributed by atoms with Crippen molar-refractivity contribution in [3.05, 3.63) is 251 Å². The van der Waals surface area contributed by atoms with Crippen LogP contribution in [0.1, 0.15) is 119 Å². The van der Waals surface area contributed by atoms with Gasteiger partial charge in [-0.15, -0.1) is 0 Å². The molecule has 1 N–H and O–H groups in total. The van der Waals surface area contributed by atoms with Crippen molar-refractivity contribution in [2.24, 2.45) is 11.8 Å². The summed E-state index contributed by atoms with van der Waals surface area (Å²) in [5.74, 6) is 1.59. The first kappa shape index (κ1) is 58.9. The van der Waals surface area contributed by atoms with Gasteiger partial charge in [-0.05, 0) is 85.4 Å². The molecule has 3 aliphatic heterocycles. The lowest BCUT2D eigenvalue weighted by molar-refractivity contribution is -0.281. The van der Waals surface area contributed by atoms with Gasteiger partial charge in [-0.25, -0.2) is 4.89 Å². The Kier molecular flexibility index (Phi) is 21.6. The van der Waals surface area contributed by atoms with Crippen molar-refractivity contribution in [3.63, 3.8) is 0 Å². The van der Waals surface area contributed by atoms with Gasteiger partial charge < -0.3 is 28.4 Å². The highest BCUT2D eigenvalue weighted by Gasteiger charge is 2.58. The molecule has 3 heterocycles. The van der Waals surface area contributed by atoms with E-state index in [4.69, 9.17) is 33.7 Å². The molecule has 3 aliphatic rings. The molecule has 10 unspecified atom stereocenters. The van der Waals surface area contributed by atoms with Crippen LogP contribution in [0.2, 0.25) is 0 Å². The Morgan fingerprint density at radius 3 is 1.09 bits per heavy atom. The average Bonchev–Trinajstić information content (AvgIpc) is 4.33. The number of rotatable bonds is 16. The van der Waals surface area contributed by atoms with Crippen LogP contribution in [-0.4, -0.2) is 75.3 Å². The smallest absolute Gasteiger partial charge is 0.163 e. The molecule has 0 amide bonds. The molecule has 0 aliphatic carbocycles. The molecule has 10 atom stereocenters. The Hall–Kier alpha value is -5.78. The molecule has 0 saturated carbocycles. The third-order valence-electron chi connectivity index (χ3n) is 16.1. The number of hydrogen-bond donors (Lipinski definition) is 1. The molecule has 0 bridgehead atoms. The number of hydrogen-bond acceptors (Lipinski definition) is 8. The normalized spacial score (nSPS) is 22.1. The van der Waals surface area contributed by atoms with E-state index in [0.717, 1.165) is 18.8 Å². The van der Waals surface area contributed by atoms with E-state index in [9.17, 15) is 0 Å². The van der Waals surface area contributed by atoms with Crippen molar-refractivity contribution in [2.45, 2.75) is 127 Å². The SMILES string of the molecule is CC(c1ccccc1)C(C)c1ccccc1.CC1(C)OC(C(C)(c2ccccc2)c2ccccc2)C(C(C)(c2ccccc2)c2ccccc2)O1.CC1COC2C(C)COC12.COCOCC(c1ccccc1)C(C)OO. The summed E-state index contributed by atoms with van der Waals surface area (Å²) < 4.78 is 35.1. The van der Waals surface area contributed by atoms with Crippen LogP contribution >= 0.6 is 0 Å². The van der Waals surface area contributed by atoms with Gasteiger partial charge in [0.15, 0.2) is 5.79 Å². The first-order chi connectivity index (χ1) is 37.2. The minimum Gasteiger partial charge on any atom is -0.375 e. The van der Waals surface area contributed by atoms with Gasteiger partial charge in [0.05, 0.1) is 38.1 Å². The Labute approximate surface area is 460 Å². The van der Waals surface area contributed by atoms with Crippen LogP contribution < -0.4 is 0 Å². The van der Waals surface area contributed by atoms with Crippen molar-refractivity contribution in [3.8, 4) is 0 Å². The highest BCUT2D eigenvalue weighted by atomic mass is 17.1.